The molecular formula is C48H60N10O6S. The van der Waals surface area contributed by atoms with Gasteiger partial charge in [0.15, 0.2) is 0 Å². The van der Waals surface area contributed by atoms with E-state index in [2.05, 4.69) is 59.8 Å². The number of piperazine rings is 1. The predicted octanol–water partition coefficient (Wildman–Crippen LogP) is 5.82. The first kappa shape index (κ1) is 46.8. The molecule has 2 fully saturated rings. The number of nitrogens with one attached hydrogen (secondary N) is 4. The number of H-pyrrole nitrogens is 1. The zero-order valence-corrected chi connectivity index (χ0v) is 39.1. The quantitative estimate of drug-likeness (QED) is 0.0900. The number of carbonyl (C=O) groups excluding carboxylic acids is 4. The number of β-amino-alcohol motifs (C(OH)–C–C–N with tert-alkyl or cyclic N) is 1. The van der Waals surface area contributed by atoms with Crippen molar-refractivity contribution in [2.24, 2.45) is 5.41 Å². The lowest BCUT2D eigenvalue weighted by Gasteiger charge is -2.45. The molecule has 0 unspecified atom stereocenters. The SMILES string of the molecule is COc1cc(N2C[C@@H](C)N(CCC(=O)N[C@H](C(=O)N3C[C@H](O)C[C@H]3C(=O)N[C@@H](C)c3ccc(-c4scnc4C)cc3)C(C)(C)C)C[C@@H]2C)ccc1NC(=O)c1cccc(-c2cc[nH]n2)n1. The minimum absolute atomic E-state index is 0.00128. The van der Waals surface area contributed by atoms with Gasteiger partial charge in [-0.05, 0) is 74.6 Å². The van der Waals surface area contributed by atoms with Gasteiger partial charge in [0.05, 0.1) is 46.7 Å². The molecule has 5 aromatic rings. The van der Waals surface area contributed by atoms with Crippen molar-refractivity contribution in [2.75, 3.05) is 43.5 Å². The highest BCUT2D eigenvalue weighted by Crippen LogP contribution is 2.34. The van der Waals surface area contributed by atoms with Gasteiger partial charge in [0.25, 0.3) is 5.91 Å². The Morgan fingerprint density at radius 2 is 1.74 bits per heavy atom. The van der Waals surface area contributed by atoms with Crippen molar-refractivity contribution < 1.29 is 29.0 Å². The lowest BCUT2D eigenvalue weighted by molar-refractivity contribution is -0.144. The van der Waals surface area contributed by atoms with Crippen molar-refractivity contribution in [3.63, 3.8) is 0 Å². The first-order valence-electron chi connectivity index (χ1n) is 22.1. The highest BCUT2D eigenvalue weighted by atomic mass is 32.1. The molecule has 16 nitrogen and oxygen atoms in total. The molecule has 3 aromatic heterocycles. The minimum Gasteiger partial charge on any atom is -0.494 e. The van der Waals surface area contributed by atoms with E-state index in [0.717, 1.165) is 27.4 Å². The van der Waals surface area contributed by atoms with Gasteiger partial charge in [-0.3, -0.25) is 29.2 Å². The Labute approximate surface area is 384 Å². The van der Waals surface area contributed by atoms with Gasteiger partial charge >= 0.3 is 0 Å². The van der Waals surface area contributed by atoms with Gasteiger partial charge in [0.1, 0.15) is 29.2 Å². The number of ether oxygens (including phenoxy) is 1. The van der Waals surface area contributed by atoms with Crippen LogP contribution in [0.5, 0.6) is 5.75 Å². The number of aromatic nitrogens is 4. The molecule has 7 rings (SSSR count). The third-order valence-corrected chi connectivity index (χ3v) is 13.3. The van der Waals surface area contributed by atoms with E-state index < -0.39 is 29.5 Å². The van der Waals surface area contributed by atoms with E-state index in [9.17, 15) is 24.3 Å². The van der Waals surface area contributed by atoms with Crippen LogP contribution in [0.3, 0.4) is 0 Å². The molecule has 0 bridgehead atoms. The molecular weight excluding hydrogens is 845 g/mol. The molecule has 2 aromatic carbocycles. The van der Waals surface area contributed by atoms with Gasteiger partial charge in [-0.1, -0.05) is 51.1 Å². The summed E-state index contributed by atoms with van der Waals surface area (Å²) in [5.41, 5.74) is 6.98. The fourth-order valence-corrected chi connectivity index (χ4v) is 9.43. The molecule has 5 heterocycles. The average Bonchev–Trinajstić information content (AvgIpc) is 4.07. The van der Waals surface area contributed by atoms with Crippen LogP contribution >= 0.6 is 11.3 Å². The van der Waals surface area contributed by atoms with Gasteiger partial charge in [-0.2, -0.15) is 5.10 Å². The molecule has 4 amide bonds. The number of anilines is 2. The van der Waals surface area contributed by atoms with E-state index >= 15 is 0 Å². The summed E-state index contributed by atoms with van der Waals surface area (Å²) < 4.78 is 5.73. The van der Waals surface area contributed by atoms with Crippen LogP contribution in [0.15, 0.2) is 78.4 Å². The highest BCUT2D eigenvalue weighted by Gasteiger charge is 2.45. The number of hydrogen-bond acceptors (Lipinski definition) is 12. The Hall–Kier alpha value is -6.17. The van der Waals surface area contributed by atoms with Crippen LogP contribution in [0.2, 0.25) is 0 Å². The molecule has 0 spiro atoms. The Kier molecular flexibility index (Phi) is 14.3. The molecule has 0 saturated carbocycles. The number of aryl methyl sites for hydroxylation is 1. The number of hydrogen-bond donors (Lipinski definition) is 5. The van der Waals surface area contributed by atoms with E-state index in [1.807, 2.05) is 82.6 Å². The summed E-state index contributed by atoms with van der Waals surface area (Å²) in [6.07, 6.45) is 1.10. The number of methoxy groups -OCH3 is 1. The van der Waals surface area contributed by atoms with Crippen molar-refractivity contribution in [3.05, 3.63) is 95.4 Å². The fourth-order valence-electron chi connectivity index (χ4n) is 8.62. The average molecular weight is 905 g/mol. The summed E-state index contributed by atoms with van der Waals surface area (Å²) in [4.78, 5) is 70.9. The number of benzene rings is 2. The van der Waals surface area contributed by atoms with Crippen LogP contribution in [-0.4, -0.2) is 122 Å². The number of aromatic amines is 1. The first-order chi connectivity index (χ1) is 31.0. The third-order valence-electron chi connectivity index (χ3n) is 12.3. The van der Waals surface area contributed by atoms with Gasteiger partial charge in [-0.25, -0.2) is 9.97 Å². The number of likely N-dealkylation sites (tertiary alicyclic amines) is 1. The summed E-state index contributed by atoms with van der Waals surface area (Å²) in [6.45, 7) is 15.6. The van der Waals surface area contributed by atoms with Gasteiger partial charge in [0, 0.05) is 69.1 Å². The second kappa shape index (κ2) is 19.9. The topological polar surface area (TPSA) is 198 Å². The second-order valence-electron chi connectivity index (χ2n) is 18.2. The molecule has 6 atom stereocenters. The number of rotatable bonds is 14. The van der Waals surface area contributed by atoms with E-state index in [1.165, 1.54) is 4.90 Å². The Morgan fingerprint density at radius 1 is 0.969 bits per heavy atom. The fraction of sp³-hybridized carbons (Fsp3) is 0.438. The smallest absolute Gasteiger partial charge is 0.274 e. The van der Waals surface area contributed by atoms with Crippen LogP contribution in [0.25, 0.3) is 21.8 Å². The molecule has 5 N–H and O–H groups in total. The van der Waals surface area contributed by atoms with Crippen LogP contribution in [-0.2, 0) is 14.4 Å². The summed E-state index contributed by atoms with van der Waals surface area (Å²) in [6, 6.07) is 18.7. The maximum atomic E-state index is 14.3. The molecule has 2 saturated heterocycles. The lowest BCUT2D eigenvalue weighted by atomic mass is 9.85. The van der Waals surface area contributed by atoms with Gasteiger partial charge in [0.2, 0.25) is 17.7 Å². The maximum Gasteiger partial charge on any atom is 0.274 e. The summed E-state index contributed by atoms with van der Waals surface area (Å²) >= 11 is 1.58. The maximum absolute atomic E-state index is 14.3. The zero-order chi connectivity index (χ0) is 46.6. The largest absolute Gasteiger partial charge is 0.494 e. The van der Waals surface area contributed by atoms with Crippen molar-refractivity contribution in [1.29, 1.82) is 0 Å². The highest BCUT2D eigenvalue weighted by molar-refractivity contribution is 7.13. The van der Waals surface area contributed by atoms with Crippen molar-refractivity contribution >= 4 is 46.3 Å². The number of carbonyl (C=O) groups is 4. The normalized spacial score (nSPS) is 20.0. The van der Waals surface area contributed by atoms with Crippen molar-refractivity contribution in [3.8, 4) is 27.6 Å². The molecule has 344 valence electrons. The Morgan fingerprint density at radius 3 is 2.42 bits per heavy atom. The van der Waals surface area contributed by atoms with E-state index in [1.54, 1.807) is 48.9 Å². The molecule has 65 heavy (non-hydrogen) atoms. The lowest BCUT2D eigenvalue weighted by Crippen LogP contribution is -2.59. The van der Waals surface area contributed by atoms with E-state index in [0.29, 0.717) is 42.5 Å². The predicted molar refractivity (Wildman–Crippen MR) is 252 cm³/mol. The number of pyridine rings is 1. The first-order valence-corrected chi connectivity index (χ1v) is 22.9. The second-order valence-corrected chi connectivity index (χ2v) is 19.0. The molecule has 0 radical (unpaired) electrons. The summed E-state index contributed by atoms with van der Waals surface area (Å²) in [5.74, 6) is -0.882. The number of amides is 4. The van der Waals surface area contributed by atoms with Gasteiger partial charge in [-0.15, -0.1) is 11.3 Å². The summed E-state index contributed by atoms with van der Waals surface area (Å²) in [7, 11) is 1.57. The molecule has 2 aliphatic heterocycles. The van der Waals surface area contributed by atoms with Crippen molar-refractivity contribution in [1.82, 2.24) is 40.6 Å². The van der Waals surface area contributed by atoms with Crippen LogP contribution in [0, 0.1) is 12.3 Å². The van der Waals surface area contributed by atoms with E-state index in [4.69, 9.17) is 4.74 Å². The molecule has 2 aliphatic rings. The van der Waals surface area contributed by atoms with Gasteiger partial charge < -0.3 is 35.6 Å². The summed E-state index contributed by atoms with van der Waals surface area (Å²) in [5, 5.41) is 26.7. The Balaban J connectivity index is 0.930. The zero-order valence-electron chi connectivity index (χ0n) is 38.3. The number of nitrogens with zero attached hydrogens (tertiary/aromatic N) is 6. The Bertz CT molecular complexity index is 2470. The number of aliphatic hydroxyl groups excluding tert-OH is 1. The third kappa shape index (κ3) is 10.9. The van der Waals surface area contributed by atoms with Crippen molar-refractivity contribution in [2.45, 2.75) is 97.6 Å². The van der Waals surface area contributed by atoms with Crippen LogP contribution in [0.4, 0.5) is 11.4 Å². The van der Waals surface area contributed by atoms with Crippen LogP contribution in [0.1, 0.15) is 82.2 Å². The number of aliphatic hydroxyl groups is 1. The number of thiazole rings is 1. The molecule has 17 heteroatoms. The monoisotopic (exact) mass is 904 g/mol. The van der Waals surface area contributed by atoms with Crippen LogP contribution < -0.4 is 25.6 Å². The molecule has 0 aliphatic carbocycles. The van der Waals surface area contributed by atoms with E-state index in [-0.39, 0.29) is 60.9 Å². The minimum atomic E-state index is -0.921. The standard InChI is InChI=1S/C48H60N10O6S/c1-28-25-57(34-16-17-38(41(22-34)64-8)53-45(61)39-11-9-10-36(52-39)37-18-20-50-55-37)29(2)24-56(28)21-19-42(60)54-44(48(5,6)7)47(63)58-26-35(59)23-40(58)46(62)51-30(3)32-12-14-33(15-13-32)43-31(4)49-27-65-43/h9-18,20,22,27-30,35,40,44,59H,19,21,23-26H2,1-8H3,(H,50,55)(H,51,62)(H,53,61)(H,54,60)/t28-,29+,30+,35-,40+,44-/m1/s1.